The zero-order valence-corrected chi connectivity index (χ0v) is 25.9. The average Bonchev–Trinajstić information content (AvgIpc) is 3.04. The molecule has 2 N–H and O–H groups in total. The minimum Gasteiger partial charge on any atom is -0.493 e. The van der Waals surface area contributed by atoms with Crippen LogP contribution in [-0.2, 0) is 9.53 Å². The smallest absolute Gasteiger partial charge is 0.323 e. The molecule has 11 heteroatoms. The van der Waals surface area contributed by atoms with Crippen LogP contribution in [0.2, 0.25) is 0 Å². The summed E-state index contributed by atoms with van der Waals surface area (Å²) in [7, 11) is 1.57. The lowest BCUT2D eigenvalue weighted by molar-refractivity contribution is -0.153. The van der Waals surface area contributed by atoms with Gasteiger partial charge in [0.15, 0.2) is 11.5 Å². The number of piperidine rings is 1. The Morgan fingerprint density at radius 2 is 1.76 bits per heavy atom. The van der Waals surface area contributed by atoms with E-state index in [0.29, 0.717) is 59.1 Å². The van der Waals surface area contributed by atoms with Crippen LogP contribution in [0.5, 0.6) is 23.0 Å². The number of fused-ring (bicyclic) bond motifs is 1. The summed E-state index contributed by atoms with van der Waals surface area (Å²) in [5, 5.41) is 5.94. The number of ether oxygens (including phenoxy) is 4. The van der Waals surface area contributed by atoms with Gasteiger partial charge < -0.3 is 34.5 Å². The van der Waals surface area contributed by atoms with Crippen molar-refractivity contribution in [3.05, 3.63) is 78.2 Å². The molecule has 1 aromatic heterocycles. The molecular formula is C35H37FN4O6. The first-order valence-corrected chi connectivity index (χ1v) is 15.4. The summed E-state index contributed by atoms with van der Waals surface area (Å²) >= 11 is 0. The van der Waals surface area contributed by atoms with Crippen LogP contribution in [0.25, 0.3) is 10.9 Å². The Balaban J connectivity index is 1.03. The third-order valence-electron chi connectivity index (χ3n) is 8.48. The van der Waals surface area contributed by atoms with Crippen molar-refractivity contribution in [1.82, 2.24) is 9.88 Å². The number of rotatable bonds is 10. The number of likely N-dealkylation sites (tertiary alicyclic amines) is 1. The normalized spacial score (nSPS) is 15.2. The number of nitrogens with zero attached hydrogens (tertiary/aromatic N) is 2. The van der Waals surface area contributed by atoms with Crippen LogP contribution in [0.1, 0.15) is 31.2 Å². The summed E-state index contributed by atoms with van der Waals surface area (Å²) in [5.74, 6) is 1.81. The van der Waals surface area contributed by atoms with Gasteiger partial charge in [0.25, 0.3) is 0 Å². The Labute approximate surface area is 266 Å². The van der Waals surface area contributed by atoms with Crippen molar-refractivity contribution in [2.45, 2.75) is 32.6 Å². The summed E-state index contributed by atoms with van der Waals surface area (Å²) in [4.78, 5) is 31.6. The summed E-state index contributed by atoms with van der Waals surface area (Å²) in [6.07, 6.45) is 4.70. The fourth-order valence-electron chi connectivity index (χ4n) is 5.72. The van der Waals surface area contributed by atoms with Crippen molar-refractivity contribution < 1.29 is 32.9 Å². The maximum Gasteiger partial charge on any atom is 0.323 e. The molecule has 2 saturated heterocycles. The molecule has 10 nitrogen and oxygen atoms in total. The number of halogens is 1. The summed E-state index contributed by atoms with van der Waals surface area (Å²) in [6.45, 7) is 5.43. The Kier molecular flexibility index (Phi) is 9.20. The molecule has 0 radical (unpaired) electrons. The number of hydrogen-bond donors (Lipinski definition) is 2. The maximum absolute atomic E-state index is 14.0. The molecule has 2 aliphatic rings. The van der Waals surface area contributed by atoms with Gasteiger partial charge in [-0.1, -0.05) is 6.07 Å². The van der Waals surface area contributed by atoms with E-state index in [1.165, 1.54) is 6.07 Å². The molecule has 3 amide bonds. The first-order valence-electron chi connectivity index (χ1n) is 15.4. The molecule has 2 fully saturated rings. The lowest BCUT2D eigenvalue weighted by Gasteiger charge is -2.47. The molecule has 46 heavy (non-hydrogen) atoms. The van der Waals surface area contributed by atoms with Gasteiger partial charge in [-0.2, -0.15) is 0 Å². The Morgan fingerprint density at radius 1 is 0.978 bits per heavy atom. The predicted octanol–water partition coefficient (Wildman–Crippen LogP) is 6.93. The van der Waals surface area contributed by atoms with Gasteiger partial charge in [0.05, 0.1) is 38.1 Å². The summed E-state index contributed by atoms with van der Waals surface area (Å²) < 4.78 is 37.2. The van der Waals surface area contributed by atoms with Crippen molar-refractivity contribution in [1.29, 1.82) is 0 Å². The fourth-order valence-corrected chi connectivity index (χ4v) is 5.72. The molecule has 1 spiro atoms. The van der Waals surface area contributed by atoms with Crippen LogP contribution in [-0.4, -0.2) is 61.8 Å². The monoisotopic (exact) mass is 628 g/mol. The van der Waals surface area contributed by atoms with Crippen LogP contribution >= 0.6 is 0 Å². The third-order valence-corrected chi connectivity index (χ3v) is 8.48. The first-order chi connectivity index (χ1) is 22.3. The van der Waals surface area contributed by atoms with Gasteiger partial charge >= 0.3 is 6.03 Å². The van der Waals surface area contributed by atoms with E-state index in [4.69, 9.17) is 18.9 Å². The lowest BCUT2D eigenvalue weighted by Crippen LogP contribution is -2.52. The number of methoxy groups -OCH3 is 1. The topological polar surface area (TPSA) is 111 Å². The molecule has 3 aromatic carbocycles. The predicted molar refractivity (Wildman–Crippen MR) is 172 cm³/mol. The Bertz CT molecular complexity index is 1720. The summed E-state index contributed by atoms with van der Waals surface area (Å²) in [5.41, 5.74) is 2.41. The second kappa shape index (κ2) is 13.6. The van der Waals surface area contributed by atoms with Crippen molar-refractivity contribution >= 4 is 34.2 Å². The van der Waals surface area contributed by atoms with Crippen molar-refractivity contribution in [2.24, 2.45) is 5.41 Å². The molecule has 0 unspecified atom stereocenters. The quantitative estimate of drug-likeness (QED) is 0.183. The number of benzene rings is 3. The molecule has 0 bridgehead atoms. The number of carbonyl (C=O) groups excluding carboxylic acids is 2. The number of aromatic nitrogens is 1. The van der Waals surface area contributed by atoms with E-state index < -0.39 is 11.8 Å². The molecule has 4 aromatic rings. The third kappa shape index (κ3) is 7.15. The van der Waals surface area contributed by atoms with Crippen LogP contribution in [0.4, 0.5) is 20.6 Å². The molecule has 6 rings (SSSR count). The van der Waals surface area contributed by atoms with Gasteiger partial charge in [-0.3, -0.25) is 9.78 Å². The van der Waals surface area contributed by atoms with Crippen molar-refractivity contribution in [2.75, 3.05) is 50.7 Å². The van der Waals surface area contributed by atoms with Crippen LogP contribution < -0.4 is 24.8 Å². The fraction of sp³-hybridized carbons (Fsp3) is 0.343. The van der Waals surface area contributed by atoms with E-state index in [1.807, 2.05) is 17.9 Å². The molecule has 3 heterocycles. The van der Waals surface area contributed by atoms with E-state index >= 15 is 0 Å². The number of amides is 3. The highest BCUT2D eigenvalue weighted by molar-refractivity contribution is 6.00. The average molecular weight is 629 g/mol. The van der Waals surface area contributed by atoms with Gasteiger partial charge in [-0.25, -0.2) is 9.18 Å². The van der Waals surface area contributed by atoms with E-state index in [-0.39, 0.29) is 11.6 Å². The Hall–Kier alpha value is -4.90. The van der Waals surface area contributed by atoms with Crippen LogP contribution in [0.3, 0.4) is 0 Å². The largest absolute Gasteiger partial charge is 0.493 e. The van der Waals surface area contributed by atoms with Gasteiger partial charge in [0.1, 0.15) is 17.3 Å². The zero-order valence-electron chi connectivity index (χ0n) is 25.9. The van der Waals surface area contributed by atoms with Crippen LogP contribution in [0, 0.1) is 18.2 Å². The lowest BCUT2D eigenvalue weighted by atomic mass is 9.77. The number of aryl methyl sites for hydroxylation is 1. The number of carbonyl (C=O) groups is 2. The number of nitrogens with one attached hydrogen (secondary N) is 2. The molecule has 0 saturated carbocycles. The van der Waals surface area contributed by atoms with Gasteiger partial charge in [0.2, 0.25) is 5.91 Å². The number of pyridine rings is 1. The highest BCUT2D eigenvalue weighted by Crippen LogP contribution is 2.39. The number of urea groups is 1. The van der Waals surface area contributed by atoms with Gasteiger partial charge in [0, 0.05) is 48.3 Å². The highest BCUT2D eigenvalue weighted by Gasteiger charge is 2.41. The number of anilines is 2. The van der Waals surface area contributed by atoms with Crippen molar-refractivity contribution in [3.8, 4) is 23.0 Å². The van der Waals surface area contributed by atoms with Gasteiger partial charge in [-0.15, -0.1) is 0 Å². The minimum absolute atomic E-state index is 0.104. The van der Waals surface area contributed by atoms with E-state index in [0.717, 1.165) is 50.1 Å². The summed E-state index contributed by atoms with van der Waals surface area (Å²) in [6, 6.07) is 16.1. The number of hydrogen-bond acceptors (Lipinski definition) is 7. The highest BCUT2D eigenvalue weighted by atomic mass is 19.1. The Morgan fingerprint density at radius 3 is 2.48 bits per heavy atom. The second-order valence-corrected chi connectivity index (χ2v) is 11.8. The first kappa shape index (κ1) is 31.1. The zero-order chi connectivity index (χ0) is 32.1. The van der Waals surface area contributed by atoms with E-state index in [2.05, 4.69) is 15.6 Å². The van der Waals surface area contributed by atoms with Gasteiger partial charge in [-0.05, 0) is 80.3 Å². The molecule has 240 valence electrons. The molecular weight excluding hydrogens is 591 g/mol. The van der Waals surface area contributed by atoms with E-state index in [1.54, 1.807) is 61.8 Å². The van der Waals surface area contributed by atoms with Crippen LogP contribution in [0.15, 0.2) is 66.9 Å². The molecule has 0 aliphatic carbocycles. The second-order valence-electron chi connectivity index (χ2n) is 11.8. The van der Waals surface area contributed by atoms with E-state index in [9.17, 15) is 14.0 Å². The standard InChI is InChI=1S/C35H37FN4O6/c1-23-5-10-27(36)29(18-23)39-34(42)38-24-6-8-25(9-7-24)46-30-11-14-37-28-20-32(31(43-2)19-26(28)30)45-17-3-4-33(41)40-15-12-35(13-16-40)21-44-22-35/h5-11,14,18-20H,3-4,12-13,15-17,21-22H2,1-2H3,(H2,38,39,42). The molecule has 2 aliphatic heterocycles. The minimum atomic E-state index is -0.561. The maximum atomic E-state index is 14.0. The SMILES string of the molecule is COc1cc2c(Oc3ccc(NC(=O)Nc4cc(C)ccc4F)cc3)ccnc2cc1OCCCC(=O)N1CCC2(CC1)COC2. The molecule has 0 atom stereocenters. The van der Waals surface area contributed by atoms with Crippen molar-refractivity contribution in [3.63, 3.8) is 0 Å².